The molecule has 0 aliphatic heterocycles. The number of methoxy groups -OCH3 is 1. The Kier molecular flexibility index (Phi) is 3.58. The Morgan fingerprint density at radius 2 is 2.11 bits per heavy atom. The van der Waals surface area contributed by atoms with Gasteiger partial charge in [0.05, 0.1) is 17.6 Å². The number of carbonyl (C=O) groups is 2. The van der Waals surface area contributed by atoms with Crippen molar-refractivity contribution in [2.45, 2.75) is 6.92 Å². The van der Waals surface area contributed by atoms with Gasteiger partial charge in [-0.2, -0.15) is 0 Å². The Morgan fingerprint density at radius 1 is 1.33 bits per heavy atom. The molecule has 0 aliphatic carbocycles. The van der Waals surface area contributed by atoms with E-state index < -0.39 is 0 Å². The molecule has 0 atom stereocenters. The molecule has 0 saturated heterocycles. The molecule has 2 rings (SSSR count). The second kappa shape index (κ2) is 5.14. The van der Waals surface area contributed by atoms with Gasteiger partial charge in [-0.05, 0) is 47.2 Å². The molecule has 1 aromatic heterocycles. The molecule has 0 amide bonds. The molecule has 1 aromatic carbocycles. The number of thiophene rings is 1. The number of hydrogen-bond acceptors (Lipinski definition) is 4. The number of ether oxygens (including phenoxy) is 1. The standard InChI is InChI=1S/C14H12O3S/c1-9-3-4-10(14(16)17-2)6-13(9)11-5-12(7-15)18-8-11/h3-8H,1-2H3. The zero-order valence-electron chi connectivity index (χ0n) is 10.1. The lowest BCUT2D eigenvalue weighted by atomic mass is 10.00. The quantitative estimate of drug-likeness (QED) is 0.628. The summed E-state index contributed by atoms with van der Waals surface area (Å²) < 4.78 is 4.70. The highest BCUT2D eigenvalue weighted by Crippen LogP contribution is 2.28. The van der Waals surface area contributed by atoms with Gasteiger partial charge in [-0.1, -0.05) is 6.07 Å². The van der Waals surface area contributed by atoms with E-state index in [1.165, 1.54) is 18.4 Å². The Morgan fingerprint density at radius 3 is 2.72 bits per heavy atom. The molecule has 2 aromatic rings. The van der Waals surface area contributed by atoms with Crippen LogP contribution in [0.1, 0.15) is 25.6 Å². The molecule has 0 aliphatic rings. The second-order valence-corrected chi connectivity index (χ2v) is 4.82. The molecule has 0 radical (unpaired) electrons. The number of aldehydes is 1. The first-order valence-electron chi connectivity index (χ1n) is 5.38. The Balaban J connectivity index is 2.49. The number of carbonyl (C=O) groups excluding carboxylic acids is 2. The number of aryl methyl sites for hydroxylation is 1. The van der Waals surface area contributed by atoms with Crippen LogP contribution in [0.3, 0.4) is 0 Å². The molecule has 0 fully saturated rings. The maximum Gasteiger partial charge on any atom is 0.337 e. The van der Waals surface area contributed by atoms with Crippen molar-refractivity contribution in [2.75, 3.05) is 7.11 Å². The van der Waals surface area contributed by atoms with Crippen LogP contribution < -0.4 is 0 Å². The van der Waals surface area contributed by atoms with E-state index in [1.54, 1.807) is 12.1 Å². The Labute approximate surface area is 109 Å². The van der Waals surface area contributed by atoms with Gasteiger partial charge in [0.15, 0.2) is 6.29 Å². The predicted molar refractivity (Wildman–Crippen MR) is 71.2 cm³/mol. The van der Waals surface area contributed by atoms with Crippen LogP contribution in [0.2, 0.25) is 0 Å². The van der Waals surface area contributed by atoms with Gasteiger partial charge in [0, 0.05) is 0 Å². The van der Waals surface area contributed by atoms with Gasteiger partial charge < -0.3 is 4.74 Å². The lowest BCUT2D eigenvalue weighted by Crippen LogP contribution is -2.01. The predicted octanol–water partition coefficient (Wildman–Crippen LogP) is 3.32. The van der Waals surface area contributed by atoms with Crippen LogP contribution in [0.25, 0.3) is 11.1 Å². The molecule has 0 saturated carbocycles. The second-order valence-electron chi connectivity index (χ2n) is 3.88. The van der Waals surface area contributed by atoms with Crippen LogP contribution in [0.4, 0.5) is 0 Å². The minimum Gasteiger partial charge on any atom is -0.465 e. The fraction of sp³-hybridized carbons (Fsp3) is 0.143. The highest BCUT2D eigenvalue weighted by molar-refractivity contribution is 7.12. The molecule has 18 heavy (non-hydrogen) atoms. The molecule has 92 valence electrons. The molecule has 0 N–H and O–H groups in total. The lowest BCUT2D eigenvalue weighted by Gasteiger charge is -2.06. The fourth-order valence-electron chi connectivity index (χ4n) is 1.73. The minimum absolute atomic E-state index is 0.359. The summed E-state index contributed by atoms with van der Waals surface area (Å²) in [5.74, 6) is -0.359. The van der Waals surface area contributed by atoms with Crippen LogP contribution in [-0.4, -0.2) is 19.4 Å². The maximum atomic E-state index is 11.5. The van der Waals surface area contributed by atoms with Crippen molar-refractivity contribution in [1.82, 2.24) is 0 Å². The van der Waals surface area contributed by atoms with Crippen molar-refractivity contribution < 1.29 is 14.3 Å². The fourth-order valence-corrected chi connectivity index (χ4v) is 2.44. The highest BCUT2D eigenvalue weighted by Gasteiger charge is 2.10. The van der Waals surface area contributed by atoms with E-state index in [0.717, 1.165) is 23.0 Å². The summed E-state index contributed by atoms with van der Waals surface area (Å²) in [5.41, 5.74) is 3.46. The normalized spacial score (nSPS) is 10.1. The maximum absolute atomic E-state index is 11.5. The average molecular weight is 260 g/mol. The zero-order chi connectivity index (χ0) is 13.1. The summed E-state index contributed by atoms with van der Waals surface area (Å²) in [6, 6.07) is 7.22. The van der Waals surface area contributed by atoms with E-state index in [2.05, 4.69) is 0 Å². The zero-order valence-corrected chi connectivity index (χ0v) is 10.9. The Bertz CT molecular complexity index is 599. The van der Waals surface area contributed by atoms with Gasteiger partial charge in [-0.15, -0.1) is 11.3 Å². The van der Waals surface area contributed by atoms with Gasteiger partial charge in [-0.3, -0.25) is 4.79 Å². The van der Waals surface area contributed by atoms with Gasteiger partial charge in [0.1, 0.15) is 0 Å². The summed E-state index contributed by atoms with van der Waals surface area (Å²) in [5, 5.41) is 1.91. The molecule has 0 unspecified atom stereocenters. The van der Waals surface area contributed by atoms with Crippen molar-refractivity contribution in [3.8, 4) is 11.1 Å². The van der Waals surface area contributed by atoms with Crippen LogP contribution in [0, 0.1) is 6.92 Å². The van der Waals surface area contributed by atoms with Crippen LogP contribution in [0.15, 0.2) is 29.6 Å². The molecule has 0 bridgehead atoms. The first-order valence-corrected chi connectivity index (χ1v) is 6.26. The summed E-state index contributed by atoms with van der Waals surface area (Å²) in [6.45, 7) is 1.97. The third-order valence-electron chi connectivity index (χ3n) is 2.71. The number of hydrogen-bond donors (Lipinski definition) is 0. The van der Waals surface area contributed by atoms with E-state index >= 15 is 0 Å². The molecule has 1 heterocycles. The van der Waals surface area contributed by atoms with Gasteiger partial charge >= 0.3 is 5.97 Å². The topological polar surface area (TPSA) is 43.4 Å². The van der Waals surface area contributed by atoms with Crippen LogP contribution in [0.5, 0.6) is 0 Å². The van der Waals surface area contributed by atoms with Gasteiger partial charge in [0.2, 0.25) is 0 Å². The van der Waals surface area contributed by atoms with Crippen molar-refractivity contribution >= 4 is 23.6 Å². The Hall–Kier alpha value is -1.94. The molecular weight excluding hydrogens is 248 g/mol. The van der Waals surface area contributed by atoms with E-state index in [9.17, 15) is 9.59 Å². The van der Waals surface area contributed by atoms with E-state index in [-0.39, 0.29) is 5.97 Å². The molecule has 0 spiro atoms. The SMILES string of the molecule is COC(=O)c1ccc(C)c(-c2csc(C=O)c2)c1. The van der Waals surface area contributed by atoms with Crippen LogP contribution >= 0.6 is 11.3 Å². The van der Waals surface area contributed by atoms with Gasteiger partial charge in [0.25, 0.3) is 0 Å². The summed E-state index contributed by atoms with van der Waals surface area (Å²) in [4.78, 5) is 22.9. The summed E-state index contributed by atoms with van der Waals surface area (Å²) >= 11 is 1.39. The first-order chi connectivity index (χ1) is 8.65. The first kappa shape index (κ1) is 12.5. The van der Waals surface area contributed by atoms with E-state index in [1.807, 2.05) is 24.4 Å². The third-order valence-corrected chi connectivity index (χ3v) is 3.56. The van der Waals surface area contributed by atoms with Crippen molar-refractivity contribution in [2.24, 2.45) is 0 Å². The molecule has 3 nitrogen and oxygen atoms in total. The summed E-state index contributed by atoms with van der Waals surface area (Å²) in [7, 11) is 1.36. The van der Waals surface area contributed by atoms with Crippen molar-refractivity contribution in [3.05, 3.63) is 45.6 Å². The van der Waals surface area contributed by atoms with E-state index in [4.69, 9.17) is 4.74 Å². The van der Waals surface area contributed by atoms with Crippen LogP contribution in [-0.2, 0) is 4.74 Å². The minimum atomic E-state index is -0.359. The molecular formula is C14H12O3S. The van der Waals surface area contributed by atoms with E-state index in [0.29, 0.717) is 10.4 Å². The van der Waals surface area contributed by atoms with Crippen molar-refractivity contribution in [1.29, 1.82) is 0 Å². The third kappa shape index (κ3) is 2.33. The lowest BCUT2D eigenvalue weighted by molar-refractivity contribution is 0.0600. The summed E-state index contributed by atoms with van der Waals surface area (Å²) in [6.07, 6.45) is 0.827. The number of esters is 1. The average Bonchev–Trinajstić information content (AvgIpc) is 2.87. The number of rotatable bonds is 3. The van der Waals surface area contributed by atoms with Gasteiger partial charge in [-0.25, -0.2) is 4.79 Å². The number of benzene rings is 1. The largest absolute Gasteiger partial charge is 0.465 e. The monoisotopic (exact) mass is 260 g/mol. The highest BCUT2D eigenvalue weighted by atomic mass is 32.1. The smallest absolute Gasteiger partial charge is 0.337 e. The molecule has 4 heteroatoms. The van der Waals surface area contributed by atoms with Crippen molar-refractivity contribution in [3.63, 3.8) is 0 Å².